The molecule has 0 unspecified atom stereocenters. The van der Waals surface area contributed by atoms with Gasteiger partial charge in [-0.25, -0.2) is 4.39 Å². The lowest BCUT2D eigenvalue weighted by molar-refractivity contribution is -0.384. The van der Waals surface area contributed by atoms with Crippen molar-refractivity contribution in [3.63, 3.8) is 0 Å². The lowest BCUT2D eigenvalue weighted by Crippen LogP contribution is -1.93. The Kier molecular flexibility index (Phi) is 3.19. The highest BCUT2D eigenvalue weighted by Crippen LogP contribution is 2.34. The van der Waals surface area contributed by atoms with E-state index in [9.17, 15) is 19.6 Å². The summed E-state index contributed by atoms with van der Waals surface area (Å²) in [6.45, 7) is 0. The number of anilines is 1. The van der Waals surface area contributed by atoms with Crippen molar-refractivity contribution in [1.82, 2.24) is 0 Å². The zero-order valence-corrected chi connectivity index (χ0v) is 9.54. The van der Waals surface area contributed by atoms with E-state index in [0.29, 0.717) is 0 Å². The van der Waals surface area contributed by atoms with Crippen LogP contribution >= 0.6 is 0 Å². The SMILES string of the molecule is Nc1cc(O)c(Oc2ccc([N+](=O)[O-])cc2)cc1F. The van der Waals surface area contributed by atoms with Crippen LogP contribution in [0.5, 0.6) is 17.2 Å². The molecule has 0 fully saturated rings. The monoisotopic (exact) mass is 264 g/mol. The van der Waals surface area contributed by atoms with E-state index < -0.39 is 10.7 Å². The van der Waals surface area contributed by atoms with E-state index in [1.807, 2.05) is 0 Å². The number of rotatable bonds is 3. The van der Waals surface area contributed by atoms with Crippen molar-refractivity contribution in [1.29, 1.82) is 0 Å². The Hall–Kier alpha value is -2.83. The number of nitrogens with zero attached hydrogens (tertiary/aromatic N) is 1. The summed E-state index contributed by atoms with van der Waals surface area (Å²) < 4.78 is 18.4. The van der Waals surface area contributed by atoms with E-state index in [1.165, 1.54) is 24.3 Å². The van der Waals surface area contributed by atoms with Crippen LogP contribution in [0.1, 0.15) is 0 Å². The summed E-state index contributed by atoms with van der Waals surface area (Å²) in [7, 11) is 0. The van der Waals surface area contributed by atoms with E-state index in [4.69, 9.17) is 10.5 Å². The highest BCUT2D eigenvalue weighted by molar-refractivity contribution is 5.53. The van der Waals surface area contributed by atoms with Gasteiger partial charge in [-0.2, -0.15) is 0 Å². The summed E-state index contributed by atoms with van der Waals surface area (Å²) in [5.74, 6) is -0.947. The van der Waals surface area contributed by atoms with Gasteiger partial charge in [-0.15, -0.1) is 0 Å². The molecule has 0 saturated heterocycles. The molecule has 0 amide bonds. The van der Waals surface area contributed by atoms with Crippen molar-refractivity contribution in [3.05, 3.63) is 52.3 Å². The third-order valence-corrected chi connectivity index (χ3v) is 2.35. The molecule has 0 spiro atoms. The van der Waals surface area contributed by atoms with Gasteiger partial charge in [-0.1, -0.05) is 0 Å². The van der Waals surface area contributed by atoms with Crippen LogP contribution in [0.4, 0.5) is 15.8 Å². The second-order valence-electron chi connectivity index (χ2n) is 3.69. The second-order valence-corrected chi connectivity index (χ2v) is 3.69. The number of ether oxygens (including phenoxy) is 1. The zero-order valence-electron chi connectivity index (χ0n) is 9.54. The molecule has 0 aliphatic rings. The minimum atomic E-state index is -0.727. The van der Waals surface area contributed by atoms with Crippen molar-refractivity contribution in [2.75, 3.05) is 5.73 Å². The lowest BCUT2D eigenvalue weighted by atomic mass is 10.2. The van der Waals surface area contributed by atoms with Gasteiger partial charge in [0.05, 0.1) is 10.6 Å². The molecule has 2 aromatic rings. The fourth-order valence-electron chi connectivity index (χ4n) is 1.40. The number of halogens is 1. The van der Waals surface area contributed by atoms with Gasteiger partial charge in [0, 0.05) is 24.3 Å². The maximum atomic E-state index is 13.2. The van der Waals surface area contributed by atoms with Gasteiger partial charge >= 0.3 is 0 Å². The van der Waals surface area contributed by atoms with E-state index in [0.717, 1.165) is 12.1 Å². The van der Waals surface area contributed by atoms with Gasteiger partial charge in [-0.3, -0.25) is 10.1 Å². The molecule has 0 aliphatic heterocycles. The van der Waals surface area contributed by atoms with Crippen LogP contribution in [0.15, 0.2) is 36.4 Å². The Morgan fingerprint density at radius 1 is 1.26 bits per heavy atom. The smallest absolute Gasteiger partial charge is 0.269 e. The average Bonchev–Trinajstić information content (AvgIpc) is 2.36. The number of nitrogen functional groups attached to an aromatic ring is 1. The standard InChI is InChI=1S/C12H9FN2O4/c13-9-5-12(11(16)6-10(9)14)19-8-3-1-7(2-4-8)15(17)18/h1-6,16H,14H2. The van der Waals surface area contributed by atoms with Crippen LogP contribution in [-0.4, -0.2) is 10.0 Å². The number of phenols is 1. The second kappa shape index (κ2) is 4.81. The largest absolute Gasteiger partial charge is 0.504 e. The number of nitro groups is 1. The maximum Gasteiger partial charge on any atom is 0.269 e. The third-order valence-electron chi connectivity index (χ3n) is 2.35. The number of benzene rings is 2. The first-order valence-electron chi connectivity index (χ1n) is 5.17. The van der Waals surface area contributed by atoms with E-state index in [1.54, 1.807) is 0 Å². The number of hydrogen-bond donors (Lipinski definition) is 2. The van der Waals surface area contributed by atoms with Gasteiger partial charge in [0.2, 0.25) is 0 Å². The van der Waals surface area contributed by atoms with Crippen LogP contribution in [0.2, 0.25) is 0 Å². The predicted octanol–water partition coefficient (Wildman–Crippen LogP) is 2.81. The Bertz CT molecular complexity index is 628. The first-order valence-corrected chi connectivity index (χ1v) is 5.17. The third kappa shape index (κ3) is 2.71. The van der Waals surface area contributed by atoms with Gasteiger partial charge in [0.15, 0.2) is 11.5 Å². The summed E-state index contributed by atoms with van der Waals surface area (Å²) in [6.07, 6.45) is 0. The van der Waals surface area contributed by atoms with Gasteiger partial charge in [-0.05, 0) is 12.1 Å². The first-order chi connectivity index (χ1) is 8.97. The van der Waals surface area contributed by atoms with Crippen molar-refractivity contribution < 1.29 is 19.2 Å². The first kappa shape index (κ1) is 12.6. The number of hydrogen-bond acceptors (Lipinski definition) is 5. The summed E-state index contributed by atoms with van der Waals surface area (Å²) in [5.41, 5.74) is 4.97. The Labute approximate surface area is 107 Å². The summed E-state index contributed by atoms with van der Waals surface area (Å²) in [5, 5.41) is 20.0. The van der Waals surface area contributed by atoms with E-state index >= 15 is 0 Å². The molecule has 19 heavy (non-hydrogen) atoms. The van der Waals surface area contributed by atoms with Crippen LogP contribution in [-0.2, 0) is 0 Å². The minimum absolute atomic E-state index is 0.0972. The Morgan fingerprint density at radius 3 is 2.47 bits per heavy atom. The molecule has 0 aliphatic carbocycles. The average molecular weight is 264 g/mol. The van der Waals surface area contributed by atoms with Crippen LogP contribution < -0.4 is 10.5 Å². The molecule has 0 aromatic heterocycles. The van der Waals surface area contributed by atoms with Crippen molar-refractivity contribution in [2.24, 2.45) is 0 Å². The number of nitro benzene ring substituents is 1. The molecule has 3 N–H and O–H groups in total. The topological polar surface area (TPSA) is 98.6 Å². The highest BCUT2D eigenvalue weighted by Gasteiger charge is 2.10. The number of phenolic OH excluding ortho intramolecular Hbond substituents is 1. The van der Waals surface area contributed by atoms with Crippen LogP contribution in [0.25, 0.3) is 0 Å². The molecule has 2 rings (SSSR count). The molecule has 0 atom stereocenters. The van der Waals surface area contributed by atoms with Crippen molar-refractivity contribution >= 4 is 11.4 Å². The molecule has 0 radical (unpaired) electrons. The van der Waals surface area contributed by atoms with Crippen molar-refractivity contribution in [3.8, 4) is 17.2 Å². The molecule has 0 saturated carbocycles. The molecular formula is C12H9FN2O4. The van der Waals surface area contributed by atoms with E-state index in [2.05, 4.69) is 0 Å². The Balaban J connectivity index is 2.26. The molecule has 0 heterocycles. The van der Waals surface area contributed by atoms with Gasteiger partial charge in [0.1, 0.15) is 11.6 Å². The normalized spacial score (nSPS) is 10.2. The number of non-ortho nitro benzene ring substituents is 1. The fraction of sp³-hybridized carbons (Fsp3) is 0. The molecule has 7 heteroatoms. The highest BCUT2D eigenvalue weighted by atomic mass is 19.1. The van der Waals surface area contributed by atoms with Crippen LogP contribution in [0, 0.1) is 15.9 Å². The number of nitrogens with two attached hydrogens (primary N) is 1. The van der Waals surface area contributed by atoms with E-state index in [-0.39, 0.29) is 28.6 Å². The molecule has 2 aromatic carbocycles. The minimum Gasteiger partial charge on any atom is -0.504 e. The zero-order chi connectivity index (χ0) is 14.0. The van der Waals surface area contributed by atoms with Gasteiger partial charge in [0.25, 0.3) is 5.69 Å². The maximum absolute atomic E-state index is 13.2. The summed E-state index contributed by atoms with van der Waals surface area (Å²) in [6, 6.07) is 7.11. The summed E-state index contributed by atoms with van der Waals surface area (Å²) in [4.78, 5) is 9.92. The molecular weight excluding hydrogens is 255 g/mol. The van der Waals surface area contributed by atoms with Gasteiger partial charge < -0.3 is 15.6 Å². The fourth-order valence-corrected chi connectivity index (χ4v) is 1.40. The summed E-state index contributed by atoms with van der Waals surface area (Å²) >= 11 is 0. The predicted molar refractivity (Wildman–Crippen MR) is 65.6 cm³/mol. The quantitative estimate of drug-likeness (QED) is 0.504. The molecule has 6 nitrogen and oxygen atoms in total. The molecule has 98 valence electrons. The number of aromatic hydroxyl groups is 1. The lowest BCUT2D eigenvalue weighted by Gasteiger charge is -2.08. The molecule has 0 bridgehead atoms. The van der Waals surface area contributed by atoms with Crippen LogP contribution in [0.3, 0.4) is 0 Å². The van der Waals surface area contributed by atoms with Crippen molar-refractivity contribution in [2.45, 2.75) is 0 Å². The Morgan fingerprint density at radius 2 is 1.89 bits per heavy atom.